The maximum atomic E-state index is 5.74. The first kappa shape index (κ1) is 9.65. The fraction of sp³-hybridized carbons (Fsp3) is 0.455. The first-order chi connectivity index (χ1) is 6.73. The van der Waals surface area contributed by atoms with Gasteiger partial charge in [0, 0.05) is 6.54 Å². The van der Waals surface area contributed by atoms with Gasteiger partial charge in [0.05, 0.1) is 6.61 Å². The van der Waals surface area contributed by atoms with E-state index in [1.54, 1.807) is 0 Å². The van der Waals surface area contributed by atoms with E-state index in [4.69, 9.17) is 15.2 Å². The number of ether oxygens (including phenoxy) is 2. The Bertz CT molecular complexity index is 301. The van der Waals surface area contributed by atoms with Crippen molar-refractivity contribution in [3.05, 3.63) is 35.9 Å². The second-order valence-electron chi connectivity index (χ2n) is 3.67. The van der Waals surface area contributed by atoms with Gasteiger partial charge in [0.1, 0.15) is 6.10 Å². The minimum Gasteiger partial charge on any atom is -0.346 e. The zero-order chi connectivity index (χ0) is 10.0. The van der Waals surface area contributed by atoms with E-state index < -0.39 is 5.79 Å². The van der Waals surface area contributed by atoms with Crippen LogP contribution in [0.4, 0.5) is 0 Å². The lowest BCUT2D eigenvalue weighted by molar-refractivity contribution is -0.145. The molecule has 2 unspecified atom stereocenters. The average Bonchev–Trinajstić information content (AvgIpc) is 2.63. The second kappa shape index (κ2) is 3.69. The number of benzene rings is 1. The van der Waals surface area contributed by atoms with Crippen molar-refractivity contribution < 1.29 is 9.47 Å². The van der Waals surface area contributed by atoms with Crippen LogP contribution in [0, 0.1) is 0 Å². The largest absolute Gasteiger partial charge is 0.346 e. The van der Waals surface area contributed by atoms with Gasteiger partial charge in [0.2, 0.25) is 0 Å². The van der Waals surface area contributed by atoms with E-state index in [1.807, 2.05) is 37.3 Å². The van der Waals surface area contributed by atoms with Crippen LogP contribution in [0.25, 0.3) is 0 Å². The molecule has 1 saturated heterocycles. The number of hydrogen-bond donors (Lipinski definition) is 1. The summed E-state index contributed by atoms with van der Waals surface area (Å²) in [5.74, 6) is -0.611. The highest BCUT2D eigenvalue weighted by Gasteiger charge is 2.36. The molecule has 0 bridgehead atoms. The summed E-state index contributed by atoms with van der Waals surface area (Å²) < 4.78 is 11.2. The van der Waals surface area contributed by atoms with Gasteiger partial charge in [0.15, 0.2) is 5.79 Å². The lowest BCUT2D eigenvalue weighted by atomic mass is 10.1. The summed E-state index contributed by atoms with van der Waals surface area (Å²) in [6, 6.07) is 10.1. The van der Waals surface area contributed by atoms with Gasteiger partial charge in [-0.1, -0.05) is 30.3 Å². The molecule has 1 aromatic rings. The Morgan fingerprint density at radius 3 is 2.71 bits per heavy atom. The van der Waals surface area contributed by atoms with Crippen LogP contribution in [0.3, 0.4) is 0 Å². The van der Waals surface area contributed by atoms with Crippen molar-refractivity contribution >= 4 is 0 Å². The SMILES string of the molecule is CC1(CN)OCC(c2ccccc2)O1. The third-order valence-corrected chi connectivity index (χ3v) is 2.47. The van der Waals surface area contributed by atoms with E-state index >= 15 is 0 Å². The van der Waals surface area contributed by atoms with E-state index in [2.05, 4.69) is 0 Å². The highest BCUT2D eigenvalue weighted by molar-refractivity contribution is 5.18. The summed E-state index contributed by atoms with van der Waals surface area (Å²) in [4.78, 5) is 0. The molecule has 1 aromatic carbocycles. The molecule has 1 aliphatic heterocycles. The van der Waals surface area contributed by atoms with Crippen molar-refractivity contribution in [2.45, 2.75) is 18.8 Å². The van der Waals surface area contributed by atoms with Gasteiger partial charge in [0.25, 0.3) is 0 Å². The molecule has 1 aliphatic rings. The minimum atomic E-state index is -0.611. The van der Waals surface area contributed by atoms with Crippen LogP contribution in [0.1, 0.15) is 18.6 Å². The predicted octanol–water partition coefficient (Wildman–Crippen LogP) is 1.45. The Morgan fingerprint density at radius 2 is 2.14 bits per heavy atom. The van der Waals surface area contributed by atoms with E-state index in [0.29, 0.717) is 13.2 Å². The third-order valence-electron chi connectivity index (χ3n) is 2.47. The van der Waals surface area contributed by atoms with Crippen molar-refractivity contribution in [2.75, 3.05) is 13.2 Å². The van der Waals surface area contributed by atoms with Gasteiger partial charge < -0.3 is 15.2 Å². The molecule has 0 amide bonds. The maximum Gasteiger partial charge on any atom is 0.178 e. The molecule has 0 spiro atoms. The lowest BCUT2D eigenvalue weighted by Crippen LogP contribution is -2.35. The maximum absolute atomic E-state index is 5.74. The standard InChI is InChI=1S/C11H15NO2/c1-11(8-12)13-7-10(14-11)9-5-3-2-4-6-9/h2-6,10H,7-8,12H2,1H3. The summed E-state index contributed by atoms with van der Waals surface area (Å²) in [6.45, 7) is 2.84. The van der Waals surface area contributed by atoms with Crippen LogP contribution in [-0.4, -0.2) is 18.9 Å². The van der Waals surface area contributed by atoms with E-state index in [0.717, 1.165) is 5.56 Å². The Labute approximate surface area is 83.8 Å². The Balaban J connectivity index is 2.10. The molecule has 76 valence electrons. The van der Waals surface area contributed by atoms with Gasteiger partial charge in [-0.2, -0.15) is 0 Å². The van der Waals surface area contributed by atoms with Crippen molar-refractivity contribution in [3.8, 4) is 0 Å². The smallest absolute Gasteiger partial charge is 0.178 e. The summed E-state index contributed by atoms with van der Waals surface area (Å²) >= 11 is 0. The van der Waals surface area contributed by atoms with Crippen LogP contribution in [0.2, 0.25) is 0 Å². The van der Waals surface area contributed by atoms with E-state index in [1.165, 1.54) is 0 Å². The molecule has 1 fully saturated rings. The molecule has 14 heavy (non-hydrogen) atoms. The van der Waals surface area contributed by atoms with Gasteiger partial charge in [-0.05, 0) is 12.5 Å². The molecular formula is C11H15NO2. The molecule has 0 aliphatic carbocycles. The fourth-order valence-corrected chi connectivity index (χ4v) is 1.56. The summed E-state index contributed by atoms with van der Waals surface area (Å²) in [5, 5.41) is 0. The monoisotopic (exact) mass is 193 g/mol. The summed E-state index contributed by atoms with van der Waals surface area (Å²) in [5.41, 5.74) is 6.70. The Morgan fingerprint density at radius 1 is 1.43 bits per heavy atom. The molecule has 0 radical (unpaired) electrons. The highest BCUT2D eigenvalue weighted by Crippen LogP contribution is 2.32. The van der Waals surface area contributed by atoms with Gasteiger partial charge in [-0.15, -0.1) is 0 Å². The van der Waals surface area contributed by atoms with E-state index in [-0.39, 0.29) is 6.10 Å². The number of rotatable bonds is 2. The zero-order valence-electron chi connectivity index (χ0n) is 8.27. The molecule has 2 atom stereocenters. The van der Waals surface area contributed by atoms with Crippen molar-refractivity contribution in [3.63, 3.8) is 0 Å². The molecule has 1 heterocycles. The van der Waals surface area contributed by atoms with Crippen LogP contribution < -0.4 is 5.73 Å². The number of nitrogens with two attached hydrogens (primary N) is 1. The summed E-state index contributed by atoms with van der Waals surface area (Å²) in [7, 11) is 0. The highest BCUT2D eigenvalue weighted by atomic mass is 16.7. The second-order valence-corrected chi connectivity index (χ2v) is 3.67. The molecule has 3 heteroatoms. The average molecular weight is 193 g/mol. The first-order valence-electron chi connectivity index (χ1n) is 4.80. The molecule has 2 N–H and O–H groups in total. The first-order valence-corrected chi connectivity index (χ1v) is 4.80. The molecule has 3 nitrogen and oxygen atoms in total. The van der Waals surface area contributed by atoms with Crippen molar-refractivity contribution in [1.82, 2.24) is 0 Å². The Hall–Kier alpha value is -0.900. The minimum absolute atomic E-state index is 0.0183. The number of hydrogen-bond acceptors (Lipinski definition) is 3. The van der Waals surface area contributed by atoms with Crippen LogP contribution in [0.15, 0.2) is 30.3 Å². The molecule has 0 aromatic heterocycles. The lowest BCUT2D eigenvalue weighted by Gasteiger charge is -2.20. The molecule has 2 rings (SSSR count). The van der Waals surface area contributed by atoms with Crippen LogP contribution in [0.5, 0.6) is 0 Å². The quantitative estimate of drug-likeness (QED) is 0.773. The van der Waals surface area contributed by atoms with Crippen LogP contribution in [-0.2, 0) is 9.47 Å². The topological polar surface area (TPSA) is 44.5 Å². The molecule has 0 saturated carbocycles. The fourth-order valence-electron chi connectivity index (χ4n) is 1.56. The Kier molecular flexibility index (Phi) is 2.54. The van der Waals surface area contributed by atoms with Crippen molar-refractivity contribution in [2.24, 2.45) is 5.73 Å². The van der Waals surface area contributed by atoms with Crippen molar-refractivity contribution in [1.29, 1.82) is 0 Å². The van der Waals surface area contributed by atoms with Crippen LogP contribution >= 0.6 is 0 Å². The summed E-state index contributed by atoms with van der Waals surface area (Å²) in [6.07, 6.45) is 0.0183. The van der Waals surface area contributed by atoms with Gasteiger partial charge in [-0.25, -0.2) is 0 Å². The normalized spacial score (nSPS) is 32.0. The van der Waals surface area contributed by atoms with Gasteiger partial charge in [-0.3, -0.25) is 0 Å². The third kappa shape index (κ3) is 1.80. The molecular weight excluding hydrogens is 178 g/mol. The zero-order valence-corrected chi connectivity index (χ0v) is 8.27. The van der Waals surface area contributed by atoms with E-state index in [9.17, 15) is 0 Å². The van der Waals surface area contributed by atoms with Gasteiger partial charge >= 0.3 is 0 Å². The predicted molar refractivity (Wildman–Crippen MR) is 53.7 cm³/mol.